The van der Waals surface area contributed by atoms with E-state index in [0.717, 1.165) is 6.07 Å². The van der Waals surface area contributed by atoms with Crippen molar-refractivity contribution in [1.29, 1.82) is 0 Å². The molecule has 0 atom stereocenters. The molecule has 0 bridgehead atoms. The van der Waals surface area contributed by atoms with E-state index in [-0.39, 0.29) is 16.7 Å². The van der Waals surface area contributed by atoms with Crippen molar-refractivity contribution in [3.05, 3.63) is 58.2 Å². The lowest BCUT2D eigenvalue weighted by atomic mass is 9.77. The third-order valence-electron chi connectivity index (χ3n) is 4.47. The molecule has 0 aromatic heterocycles. The topological polar surface area (TPSA) is 74.6 Å². The lowest BCUT2D eigenvalue weighted by Gasteiger charge is -2.23. The second kappa shape index (κ2) is 4.62. The zero-order valence-corrected chi connectivity index (χ0v) is 12.3. The molecule has 0 saturated carbocycles. The van der Waals surface area contributed by atoms with Gasteiger partial charge in [-0.1, -0.05) is 18.2 Å². The summed E-state index contributed by atoms with van der Waals surface area (Å²) in [6.07, 6.45) is 0. The van der Waals surface area contributed by atoms with Crippen LogP contribution >= 0.6 is 0 Å². The van der Waals surface area contributed by atoms with Gasteiger partial charge in [0.25, 0.3) is 0 Å². The average Bonchev–Trinajstić information content (AvgIpc) is 2.78. The Morgan fingerprint density at radius 3 is 2.17 bits per heavy atom. The first-order chi connectivity index (χ1) is 10.7. The van der Waals surface area contributed by atoms with Crippen LogP contribution in [0.1, 0.15) is 22.3 Å². The summed E-state index contributed by atoms with van der Waals surface area (Å²) in [6.45, 7) is 3.05. The molecule has 0 fully saturated rings. The predicted octanol–water partition coefficient (Wildman–Crippen LogP) is 3.02. The number of fused-ring (bicyclic) bond motifs is 3. The van der Waals surface area contributed by atoms with Gasteiger partial charge in [-0.2, -0.15) is 0 Å². The van der Waals surface area contributed by atoms with Crippen molar-refractivity contribution in [3.8, 4) is 11.1 Å². The van der Waals surface area contributed by atoms with Crippen LogP contribution in [0.3, 0.4) is 0 Å². The van der Waals surface area contributed by atoms with E-state index in [1.807, 2.05) is 0 Å². The van der Waals surface area contributed by atoms with E-state index in [4.69, 9.17) is 0 Å². The van der Waals surface area contributed by atoms with Gasteiger partial charge in [-0.15, -0.1) is 0 Å². The average molecular weight is 318 g/mol. The molecule has 0 heterocycles. The third kappa shape index (κ3) is 1.63. The maximum absolute atomic E-state index is 14.8. The number of aliphatic carboxylic acids is 2. The summed E-state index contributed by atoms with van der Waals surface area (Å²) >= 11 is 0. The largest absolute Gasteiger partial charge is 0.480 e. The Balaban J connectivity index is 2.62. The minimum Gasteiger partial charge on any atom is -0.480 e. The molecule has 1 aliphatic carbocycles. The van der Waals surface area contributed by atoms with Gasteiger partial charge in [-0.3, -0.25) is 9.59 Å². The number of aryl methyl sites for hydroxylation is 1. The second-order valence-electron chi connectivity index (χ2n) is 5.58. The van der Waals surface area contributed by atoms with Crippen LogP contribution in [0.5, 0.6) is 0 Å². The SMILES string of the molecule is Cc1cc2c(c(F)c1C)C(C(=O)O)(C(=O)O)c1c(F)cccc1-2. The summed E-state index contributed by atoms with van der Waals surface area (Å²) in [6, 6.07) is 5.21. The van der Waals surface area contributed by atoms with E-state index in [2.05, 4.69) is 0 Å². The maximum Gasteiger partial charge on any atom is 0.330 e. The molecule has 0 aliphatic heterocycles. The van der Waals surface area contributed by atoms with E-state index in [9.17, 15) is 28.6 Å². The van der Waals surface area contributed by atoms with Gasteiger partial charge in [0.2, 0.25) is 5.41 Å². The summed E-state index contributed by atoms with van der Waals surface area (Å²) in [4.78, 5) is 23.8. The highest BCUT2D eigenvalue weighted by Gasteiger charge is 2.59. The third-order valence-corrected chi connectivity index (χ3v) is 4.47. The van der Waals surface area contributed by atoms with Gasteiger partial charge in [0.15, 0.2) is 0 Å². The molecule has 0 saturated heterocycles. The molecule has 0 radical (unpaired) electrons. The number of halogens is 2. The van der Waals surface area contributed by atoms with Crippen LogP contribution in [-0.4, -0.2) is 22.2 Å². The van der Waals surface area contributed by atoms with E-state index >= 15 is 0 Å². The van der Waals surface area contributed by atoms with Gasteiger partial charge in [-0.05, 0) is 42.2 Å². The van der Waals surface area contributed by atoms with E-state index in [1.54, 1.807) is 6.92 Å². The van der Waals surface area contributed by atoms with Crippen LogP contribution in [0.25, 0.3) is 11.1 Å². The summed E-state index contributed by atoms with van der Waals surface area (Å²) in [5.74, 6) is -5.56. The van der Waals surface area contributed by atoms with Crippen molar-refractivity contribution in [2.45, 2.75) is 19.3 Å². The summed E-state index contributed by atoms with van der Waals surface area (Å²) in [7, 11) is 0. The fourth-order valence-electron chi connectivity index (χ4n) is 3.23. The number of benzene rings is 2. The first kappa shape index (κ1) is 15.1. The van der Waals surface area contributed by atoms with E-state index in [1.165, 1.54) is 25.1 Å². The second-order valence-corrected chi connectivity index (χ2v) is 5.58. The first-order valence-electron chi connectivity index (χ1n) is 6.80. The highest BCUT2D eigenvalue weighted by atomic mass is 19.1. The highest BCUT2D eigenvalue weighted by molar-refractivity contribution is 6.14. The Morgan fingerprint density at radius 1 is 1.00 bits per heavy atom. The number of carbonyl (C=O) groups is 2. The van der Waals surface area contributed by atoms with Crippen LogP contribution in [0, 0.1) is 25.5 Å². The van der Waals surface area contributed by atoms with Gasteiger partial charge >= 0.3 is 11.9 Å². The van der Waals surface area contributed by atoms with Crippen LogP contribution in [0.2, 0.25) is 0 Å². The lowest BCUT2D eigenvalue weighted by Crippen LogP contribution is -2.44. The number of hydrogen-bond acceptors (Lipinski definition) is 2. The molecular formula is C17H12F2O4. The van der Waals surface area contributed by atoms with Crippen LogP contribution in [0.15, 0.2) is 24.3 Å². The zero-order chi connectivity index (χ0) is 17.1. The Morgan fingerprint density at radius 2 is 1.61 bits per heavy atom. The molecule has 3 rings (SSSR count). The number of hydrogen-bond donors (Lipinski definition) is 2. The highest BCUT2D eigenvalue weighted by Crippen LogP contribution is 2.52. The maximum atomic E-state index is 14.8. The molecule has 2 N–H and O–H groups in total. The summed E-state index contributed by atoms with van der Waals surface area (Å²) in [5.41, 5.74) is -2.97. The lowest BCUT2D eigenvalue weighted by molar-refractivity contribution is -0.155. The molecule has 0 spiro atoms. The van der Waals surface area contributed by atoms with Crippen molar-refractivity contribution in [2.75, 3.05) is 0 Å². The Labute approximate surface area is 130 Å². The Bertz CT molecular complexity index is 873. The molecule has 1 aliphatic rings. The van der Waals surface area contributed by atoms with Crippen molar-refractivity contribution < 1.29 is 28.6 Å². The molecule has 2 aromatic rings. The minimum atomic E-state index is -2.79. The monoisotopic (exact) mass is 318 g/mol. The standard InChI is InChI=1S/C17H12F2O4/c1-7-6-10-9-4-3-5-11(18)12(9)17(15(20)21,16(22)23)13(10)14(19)8(7)2/h3-6H,1-2H3,(H,20,21)(H,22,23). The van der Waals surface area contributed by atoms with Gasteiger partial charge in [0, 0.05) is 11.1 Å². The molecule has 6 heteroatoms. The fourth-order valence-corrected chi connectivity index (χ4v) is 3.23. The normalized spacial score (nSPS) is 14.3. The van der Waals surface area contributed by atoms with Crippen LogP contribution in [0.4, 0.5) is 8.78 Å². The van der Waals surface area contributed by atoms with Crippen LogP contribution in [-0.2, 0) is 15.0 Å². The molecule has 118 valence electrons. The van der Waals surface area contributed by atoms with Crippen molar-refractivity contribution in [1.82, 2.24) is 0 Å². The molecule has 4 nitrogen and oxygen atoms in total. The number of rotatable bonds is 2. The first-order valence-corrected chi connectivity index (χ1v) is 6.80. The van der Waals surface area contributed by atoms with Crippen molar-refractivity contribution in [3.63, 3.8) is 0 Å². The van der Waals surface area contributed by atoms with E-state index in [0.29, 0.717) is 5.56 Å². The van der Waals surface area contributed by atoms with Gasteiger partial charge in [0.1, 0.15) is 11.6 Å². The summed E-state index contributed by atoms with van der Waals surface area (Å²) in [5, 5.41) is 19.2. The minimum absolute atomic E-state index is 0.0896. The molecule has 23 heavy (non-hydrogen) atoms. The zero-order valence-electron chi connectivity index (χ0n) is 12.3. The molecule has 0 unspecified atom stereocenters. The van der Waals surface area contributed by atoms with Crippen molar-refractivity contribution >= 4 is 11.9 Å². The van der Waals surface area contributed by atoms with E-state index < -0.39 is 40.1 Å². The Hall–Kier alpha value is -2.76. The van der Waals surface area contributed by atoms with Gasteiger partial charge in [0.05, 0.1) is 0 Å². The Kier molecular flexibility index (Phi) is 3.04. The van der Waals surface area contributed by atoms with Gasteiger partial charge < -0.3 is 10.2 Å². The summed E-state index contributed by atoms with van der Waals surface area (Å²) < 4.78 is 29.2. The molecule has 2 aromatic carbocycles. The number of carboxylic acid groups (broad SMARTS) is 2. The predicted molar refractivity (Wildman–Crippen MR) is 77.3 cm³/mol. The van der Waals surface area contributed by atoms with Crippen LogP contribution < -0.4 is 0 Å². The smallest absolute Gasteiger partial charge is 0.330 e. The fraction of sp³-hybridized carbons (Fsp3) is 0.176. The van der Waals surface area contributed by atoms with Gasteiger partial charge in [-0.25, -0.2) is 8.78 Å². The van der Waals surface area contributed by atoms with Crippen molar-refractivity contribution in [2.24, 2.45) is 0 Å². The molecular weight excluding hydrogens is 306 g/mol. The molecule has 0 amide bonds. The quantitative estimate of drug-likeness (QED) is 0.835. The number of carboxylic acids is 2.